The smallest absolute Gasteiger partial charge is 0.224 e. The van der Waals surface area contributed by atoms with Crippen LogP contribution in [0.1, 0.15) is 23.4 Å². The van der Waals surface area contributed by atoms with E-state index in [-0.39, 0.29) is 11.7 Å². The maximum atomic E-state index is 13.0. The Hall–Kier alpha value is -2.21. The Morgan fingerprint density at radius 3 is 2.40 bits per heavy atom. The summed E-state index contributed by atoms with van der Waals surface area (Å²) in [7, 11) is 0. The van der Waals surface area contributed by atoms with Crippen LogP contribution in [0.5, 0.6) is 0 Å². The molecular formula is C19H25FN4O. The average Bonchev–Trinajstić information content (AvgIpc) is 2.93. The van der Waals surface area contributed by atoms with Crippen molar-refractivity contribution in [2.24, 2.45) is 0 Å². The van der Waals surface area contributed by atoms with Gasteiger partial charge in [0.25, 0.3) is 0 Å². The van der Waals surface area contributed by atoms with Crippen molar-refractivity contribution in [2.75, 3.05) is 26.2 Å². The van der Waals surface area contributed by atoms with Crippen LogP contribution in [0.2, 0.25) is 0 Å². The molecule has 1 aliphatic heterocycles. The molecule has 1 aromatic carbocycles. The van der Waals surface area contributed by atoms with Crippen LogP contribution in [0.4, 0.5) is 4.39 Å². The van der Waals surface area contributed by atoms with Crippen LogP contribution in [0.15, 0.2) is 30.3 Å². The number of carbonyl (C=O) groups is 1. The molecule has 1 saturated heterocycles. The normalized spacial score (nSPS) is 15.6. The second-order valence-electron chi connectivity index (χ2n) is 6.68. The highest BCUT2D eigenvalue weighted by atomic mass is 19.1. The van der Waals surface area contributed by atoms with Gasteiger partial charge in [0, 0.05) is 51.4 Å². The first-order valence-electron chi connectivity index (χ1n) is 8.77. The summed E-state index contributed by atoms with van der Waals surface area (Å²) in [6.07, 6.45) is 0.486. The minimum atomic E-state index is -0.207. The first-order chi connectivity index (χ1) is 12.0. The van der Waals surface area contributed by atoms with Gasteiger partial charge in [0.1, 0.15) is 5.82 Å². The van der Waals surface area contributed by atoms with Gasteiger partial charge in [0.15, 0.2) is 0 Å². The number of rotatable bonds is 5. The van der Waals surface area contributed by atoms with Gasteiger partial charge < -0.3 is 4.90 Å². The Kier molecular flexibility index (Phi) is 5.48. The zero-order valence-electron chi connectivity index (χ0n) is 14.9. The molecular weight excluding hydrogens is 319 g/mol. The van der Waals surface area contributed by atoms with Gasteiger partial charge in [-0.2, -0.15) is 5.10 Å². The molecule has 1 fully saturated rings. The molecule has 2 aromatic rings. The molecule has 1 aliphatic rings. The molecule has 0 unspecified atom stereocenters. The van der Waals surface area contributed by atoms with Gasteiger partial charge in [0.2, 0.25) is 5.91 Å². The summed E-state index contributed by atoms with van der Waals surface area (Å²) in [5.41, 5.74) is 3.18. The largest absolute Gasteiger partial charge is 0.340 e. The number of carbonyl (C=O) groups excluding carboxylic acids is 1. The van der Waals surface area contributed by atoms with E-state index in [2.05, 4.69) is 10.00 Å². The van der Waals surface area contributed by atoms with Crippen LogP contribution >= 0.6 is 0 Å². The number of hydrogen-bond acceptors (Lipinski definition) is 3. The van der Waals surface area contributed by atoms with E-state index in [4.69, 9.17) is 0 Å². The lowest BCUT2D eigenvalue weighted by Crippen LogP contribution is -2.48. The zero-order valence-corrected chi connectivity index (χ0v) is 14.9. The van der Waals surface area contributed by atoms with Crippen LogP contribution in [0, 0.1) is 19.7 Å². The molecule has 134 valence electrons. The van der Waals surface area contributed by atoms with E-state index in [0.29, 0.717) is 13.0 Å². The summed E-state index contributed by atoms with van der Waals surface area (Å²) in [6, 6.07) is 8.66. The summed E-state index contributed by atoms with van der Waals surface area (Å²) in [5.74, 6) is -0.0178. The van der Waals surface area contributed by atoms with Gasteiger partial charge in [-0.1, -0.05) is 12.1 Å². The van der Waals surface area contributed by atoms with E-state index in [9.17, 15) is 9.18 Å². The molecule has 0 bridgehead atoms. The van der Waals surface area contributed by atoms with E-state index in [0.717, 1.165) is 49.7 Å². The van der Waals surface area contributed by atoms with E-state index < -0.39 is 0 Å². The van der Waals surface area contributed by atoms with Crippen molar-refractivity contribution in [3.63, 3.8) is 0 Å². The van der Waals surface area contributed by atoms with Gasteiger partial charge >= 0.3 is 0 Å². The summed E-state index contributed by atoms with van der Waals surface area (Å²) >= 11 is 0. The highest BCUT2D eigenvalue weighted by Gasteiger charge is 2.21. The standard InChI is InChI=1S/C19H25FN4O/c1-15-13-16(2)24(21-15)8-7-19(25)23-11-9-22(10-12-23)14-17-3-5-18(20)6-4-17/h3-6,13H,7-12,14H2,1-2H3. The molecule has 1 amide bonds. The van der Waals surface area contributed by atoms with Crippen molar-refractivity contribution >= 4 is 5.91 Å². The van der Waals surface area contributed by atoms with Gasteiger partial charge in [0.05, 0.1) is 5.69 Å². The highest BCUT2D eigenvalue weighted by molar-refractivity contribution is 5.76. The molecule has 6 heteroatoms. The quantitative estimate of drug-likeness (QED) is 0.836. The highest BCUT2D eigenvalue weighted by Crippen LogP contribution is 2.11. The molecule has 25 heavy (non-hydrogen) atoms. The molecule has 0 N–H and O–H groups in total. The number of halogens is 1. The topological polar surface area (TPSA) is 41.4 Å². The van der Waals surface area contributed by atoms with Crippen molar-refractivity contribution in [1.29, 1.82) is 0 Å². The molecule has 1 aromatic heterocycles. The molecule has 0 radical (unpaired) electrons. The second kappa shape index (κ2) is 7.78. The predicted molar refractivity (Wildman–Crippen MR) is 94.6 cm³/mol. The van der Waals surface area contributed by atoms with Crippen molar-refractivity contribution in [3.8, 4) is 0 Å². The molecule has 5 nitrogen and oxygen atoms in total. The molecule has 2 heterocycles. The van der Waals surface area contributed by atoms with Crippen molar-refractivity contribution < 1.29 is 9.18 Å². The van der Waals surface area contributed by atoms with Crippen molar-refractivity contribution in [1.82, 2.24) is 19.6 Å². The van der Waals surface area contributed by atoms with Gasteiger partial charge in [-0.05, 0) is 37.6 Å². The summed E-state index contributed by atoms with van der Waals surface area (Å²) in [5, 5.41) is 4.40. The number of hydrogen-bond donors (Lipinski definition) is 0. The molecule has 0 saturated carbocycles. The SMILES string of the molecule is Cc1cc(C)n(CCC(=O)N2CCN(Cc3ccc(F)cc3)CC2)n1. The third kappa shape index (κ3) is 4.66. The molecule has 3 rings (SSSR count). The van der Waals surface area contributed by atoms with Crippen molar-refractivity contribution in [2.45, 2.75) is 33.4 Å². The number of benzene rings is 1. The maximum Gasteiger partial charge on any atom is 0.224 e. The maximum absolute atomic E-state index is 13.0. The molecule has 0 spiro atoms. The lowest BCUT2D eigenvalue weighted by atomic mass is 10.2. The minimum absolute atomic E-state index is 0.189. The lowest BCUT2D eigenvalue weighted by molar-refractivity contribution is -0.133. The Balaban J connectivity index is 1.44. The number of aromatic nitrogens is 2. The average molecular weight is 344 g/mol. The third-order valence-electron chi connectivity index (χ3n) is 4.69. The predicted octanol–water partition coefficient (Wildman–Crippen LogP) is 2.37. The first-order valence-corrected chi connectivity index (χ1v) is 8.77. The van der Waals surface area contributed by atoms with E-state index >= 15 is 0 Å². The van der Waals surface area contributed by atoms with Crippen LogP contribution in [0.25, 0.3) is 0 Å². The van der Waals surface area contributed by atoms with Crippen LogP contribution in [0.3, 0.4) is 0 Å². The van der Waals surface area contributed by atoms with Crippen LogP contribution in [-0.2, 0) is 17.9 Å². The van der Waals surface area contributed by atoms with E-state index in [1.165, 1.54) is 12.1 Å². The summed E-state index contributed by atoms with van der Waals surface area (Å²) < 4.78 is 14.9. The fraction of sp³-hybridized carbons (Fsp3) is 0.474. The van der Waals surface area contributed by atoms with Crippen LogP contribution < -0.4 is 0 Å². The second-order valence-corrected chi connectivity index (χ2v) is 6.68. The van der Waals surface area contributed by atoms with E-state index in [1.54, 1.807) is 0 Å². The number of aryl methyl sites for hydroxylation is 3. The van der Waals surface area contributed by atoms with Gasteiger partial charge in [-0.3, -0.25) is 14.4 Å². The third-order valence-corrected chi connectivity index (χ3v) is 4.69. The number of amides is 1. The first kappa shape index (κ1) is 17.6. The van der Waals surface area contributed by atoms with E-state index in [1.807, 2.05) is 41.6 Å². The Labute approximate surface area is 148 Å². The molecule has 0 atom stereocenters. The Bertz CT molecular complexity index is 718. The summed E-state index contributed by atoms with van der Waals surface area (Å²) in [6.45, 7) is 8.60. The Morgan fingerprint density at radius 1 is 1.12 bits per heavy atom. The van der Waals surface area contributed by atoms with Gasteiger partial charge in [-0.15, -0.1) is 0 Å². The number of piperazine rings is 1. The van der Waals surface area contributed by atoms with Crippen LogP contribution in [-0.4, -0.2) is 51.7 Å². The summed E-state index contributed by atoms with van der Waals surface area (Å²) in [4.78, 5) is 16.7. The fourth-order valence-electron chi connectivity index (χ4n) is 3.26. The van der Waals surface area contributed by atoms with Crippen molar-refractivity contribution in [3.05, 3.63) is 53.1 Å². The van der Waals surface area contributed by atoms with Gasteiger partial charge in [-0.25, -0.2) is 4.39 Å². The lowest BCUT2D eigenvalue weighted by Gasteiger charge is -2.34. The monoisotopic (exact) mass is 344 g/mol. The Morgan fingerprint density at radius 2 is 1.80 bits per heavy atom. The molecule has 0 aliphatic carbocycles. The fourth-order valence-corrected chi connectivity index (χ4v) is 3.26. The zero-order chi connectivity index (χ0) is 17.8. The minimum Gasteiger partial charge on any atom is -0.340 e. The number of nitrogens with zero attached hydrogens (tertiary/aromatic N) is 4.